The highest BCUT2D eigenvalue weighted by Crippen LogP contribution is 2.07. The van der Waals surface area contributed by atoms with Crippen molar-refractivity contribution in [3.05, 3.63) is 47.0 Å². The smallest absolute Gasteiger partial charge is 0.335 e. The zero-order chi connectivity index (χ0) is 11.4. The van der Waals surface area contributed by atoms with Crippen LogP contribution in [0.5, 0.6) is 0 Å². The molecular weight excluding hydrogens is 192 g/mol. The third-order valence-electron chi connectivity index (χ3n) is 1.84. The van der Waals surface area contributed by atoms with Crippen molar-refractivity contribution in [3.8, 4) is 0 Å². The number of benzene rings is 1. The van der Waals surface area contributed by atoms with Crippen molar-refractivity contribution in [1.82, 2.24) is 0 Å². The Morgan fingerprint density at radius 2 is 1.53 bits per heavy atom. The van der Waals surface area contributed by atoms with Gasteiger partial charge in [-0.15, -0.1) is 0 Å². The van der Waals surface area contributed by atoms with Crippen LogP contribution in [0.15, 0.2) is 35.9 Å². The summed E-state index contributed by atoms with van der Waals surface area (Å²) < 4.78 is 0. The van der Waals surface area contributed by atoms with Gasteiger partial charge in [-0.05, 0) is 32.1 Å². The van der Waals surface area contributed by atoms with Crippen molar-refractivity contribution in [3.63, 3.8) is 0 Å². The number of carbonyl (C=O) groups excluding carboxylic acids is 1. The number of carboxylic acid groups (broad SMARTS) is 1. The summed E-state index contributed by atoms with van der Waals surface area (Å²) in [7, 11) is 0. The highest BCUT2D eigenvalue weighted by Gasteiger charge is 2.05. The quantitative estimate of drug-likeness (QED) is 0.608. The summed E-state index contributed by atoms with van der Waals surface area (Å²) >= 11 is 0. The molecule has 0 bridgehead atoms. The summed E-state index contributed by atoms with van der Waals surface area (Å²) in [5.74, 6) is -1.09. The van der Waals surface area contributed by atoms with Crippen molar-refractivity contribution in [1.29, 1.82) is 0 Å². The van der Waals surface area contributed by atoms with E-state index < -0.39 is 5.97 Å². The Hall–Kier alpha value is -1.90. The van der Waals surface area contributed by atoms with Gasteiger partial charge in [0.05, 0.1) is 5.56 Å². The zero-order valence-corrected chi connectivity index (χ0v) is 8.65. The first-order chi connectivity index (χ1) is 7.00. The van der Waals surface area contributed by atoms with Crippen LogP contribution >= 0.6 is 0 Å². The first-order valence-electron chi connectivity index (χ1n) is 4.53. The van der Waals surface area contributed by atoms with E-state index in [0.717, 1.165) is 5.57 Å². The van der Waals surface area contributed by atoms with Crippen LogP contribution in [0.1, 0.15) is 34.6 Å². The van der Waals surface area contributed by atoms with E-state index in [-0.39, 0.29) is 11.3 Å². The number of allylic oxidation sites excluding steroid dienone is 2. The average molecular weight is 204 g/mol. The summed E-state index contributed by atoms with van der Waals surface area (Å²) in [6, 6.07) is 5.89. The van der Waals surface area contributed by atoms with E-state index in [1.807, 2.05) is 13.8 Å². The van der Waals surface area contributed by atoms with Gasteiger partial charge in [-0.2, -0.15) is 0 Å². The number of aromatic carboxylic acids is 1. The molecule has 1 N–H and O–H groups in total. The van der Waals surface area contributed by atoms with Crippen LogP contribution in [-0.4, -0.2) is 16.9 Å². The molecule has 1 aromatic carbocycles. The predicted octanol–water partition coefficient (Wildman–Crippen LogP) is 2.53. The lowest BCUT2D eigenvalue weighted by Gasteiger charge is -1.97. The normalized spacial score (nSPS) is 9.47. The third-order valence-corrected chi connectivity index (χ3v) is 1.84. The molecule has 0 aliphatic rings. The van der Waals surface area contributed by atoms with Gasteiger partial charge in [0, 0.05) is 5.56 Å². The lowest BCUT2D eigenvalue weighted by molar-refractivity contribution is 0.0696. The van der Waals surface area contributed by atoms with Crippen LogP contribution < -0.4 is 0 Å². The van der Waals surface area contributed by atoms with Gasteiger partial charge in [0.15, 0.2) is 5.78 Å². The van der Waals surface area contributed by atoms with Gasteiger partial charge in [-0.25, -0.2) is 4.79 Å². The van der Waals surface area contributed by atoms with Gasteiger partial charge in [0.25, 0.3) is 0 Å². The largest absolute Gasteiger partial charge is 0.478 e. The van der Waals surface area contributed by atoms with Gasteiger partial charge >= 0.3 is 5.97 Å². The second-order valence-electron chi connectivity index (χ2n) is 3.47. The number of carboxylic acids is 1. The summed E-state index contributed by atoms with van der Waals surface area (Å²) in [4.78, 5) is 22.1. The van der Waals surface area contributed by atoms with Crippen molar-refractivity contribution >= 4 is 11.8 Å². The number of hydrogen-bond acceptors (Lipinski definition) is 2. The molecule has 0 aliphatic heterocycles. The molecule has 0 fully saturated rings. The van der Waals surface area contributed by atoms with E-state index in [1.165, 1.54) is 30.3 Å². The first kappa shape index (κ1) is 11.2. The fourth-order valence-electron chi connectivity index (χ4n) is 1.12. The lowest BCUT2D eigenvalue weighted by atomic mass is 10.1. The van der Waals surface area contributed by atoms with Crippen LogP contribution in [0.2, 0.25) is 0 Å². The molecule has 15 heavy (non-hydrogen) atoms. The number of ketones is 1. The molecule has 0 heterocycles. The minimum atomic E-state index is -0.990. The molecule has 1 aromatic rings. The van der Waals surface area contributed by atoms with E-state index in [1.54, 1.807) is 0 Å². The maximum Gasteiger partial charge on any atom is 0.335 e. The van der Waals surface area contributed by atoms with Gasteiger partial charge in [-0.3, -0.25) is 4.79 Å². The van der Waals surface area contributed by atoms with Gasteiger partial charge in [0.2, 0.25) is 0 Å². The van der Waals surface area contributed by atoms with Crippen LogP contribution in [-0.2, 0) is 0 Å². The summed E-state index contributed by atoms with van der Waals surface area (Å²) in [5.41, 5.74) is 1.60. The van der Waals surface area contributed by atoms with Crippen molar-refractivity contribution in [2.45, 2.75) is 13.8 Å². The van der Waals surface area contributed by atoms with E-state index in [2.05, 4.69) is 0 Å². The Kier molecular flexibility index (Phi) is 3.39. The molecule has 78 valence electrons. The van der Waals surface area contributed by atoms with Gasteiger partial charge < -0.3 is 5.11 Å². The molecule has 0 saturated carbocycles. The molecule has 0 aromatic heterocycles. The lowest BCUT2D eigenvalue weighted by Crippen LogP contribution is -1.99. The number of hydrogen-bond donors (Lipinski definition) is 1. The molecule has 0 radical (unpaired) electrons. The molecule has 0 spiro atoms. The second kappa shape index (κ2) is 4.55. The molecule has 0 unspecified atom stereocenters. The van der Waals surface area contributed by atoms with Crippen molar-refractivity contribution in [2.24, 2.45) is 0 Å². The van der Waals surface area contributed by atoms with E-state index >= 15 is 0 Å². The monoisotopic (exact) mass is 204 g/mol. The highest BCUT2D eigenvalue weighted by molar-refractivity contribution is 6.05. The SMILES string of the molecule is CC(C)=CC(=O)c1ccc(C(=O)O)cc1. The Morgan fingerprint density at radius 1 is 1.07 bits per heavy atom. The van der Waals surface area contributed by atoms with Crippen LogP contribution in [0.25, 0.3) is 0 Å². The van der Waals surface area contributed by atoms with Crippen LogP contribution in [0.3, 0.4) is 0 Å². The maximum absolute atomic E-state index is 11.5. The molecular formula is C12H12O3. The van der Waals surface area contributed by atoms with Gasteiger partial charge in [-0.1, -0.05) is 17.7 Å². The minimum absolute atomic E-state index is 0.105. The summed E-state index contributed by atoms with van der Waals surface area (Å²) in [6.45, 7) is 3.67. The zero-order valence-electron chi connectivity index (χ0n) is 8.65. The molecule has 0 aliphatic carbocycles. The number of rotatable bonds is 3. The van der Waals surface area contributed by atoms with Crippen molar-refractivity contribution < 1.29 is 14.7 Å². The summed E-state index contributed by atoms with van der Waals surface area (Å²) in [5, 5.41) is 8.66. The molecule has 1 rings (SSSR count). The maximum atomic E-state index is 11.5. The van der Waals surface area contributed by atoms with Crippen molar-refractivity contribution in [2.75, 3.05) is 0 Å². The Morgan fingerprint density at radius 3 is 1.93 bits per heavy atom. The van der Waals surface area contributed by atoms with E-state index in [4.69, 9.17) is 5.11 Å². The minimum Gasteiger partial charge on any atom is -0.478 e. The van der Waals surface area contributed by atoms with E-state index in [9.17, 15) is 9.59 Å². The first-order valence-corrected chi connectivity index (χ1v) is 4.53. The molecule has 0 amide bonds. The fraction of sp³-hybridized carbons (Fsp3) is 0.167. The third kappa shape index (κ3) is 3.06. The number of carbonyl (C=O) groups is 2. The molecule has 0 atom stereocenters. The van der Waals surface area contributed by atoms with Crippen LogP contribution in [0, 0.1) is 0 Å². The molecule has 0 saturated heterocycles. The second-order valence-corrected chi connectivity index (χ2v) is 3.47. The average Bonchev–Trinajstić information content (AvgIpc) is 2.17. The van der Waals surface area contributed by atoms with Crippen LogP contribution in [0.4, 0.5) is 0 Å². The predicted molar refractivity (Wildman–Crippen MR) is 57.2 cm³/mol. The van der Waals surface area contributed by atoms with E-state index in [0.29, 0.717) is 5.56 Å². The Labute approximate surface area is 88.0 Å². The summed E-state index contributed by atoms with van der Waals surface area (Å²) in [6.07, 6.45) is 1.52. The Bertz CT molecular complexity index is 409. The topological polar surface area (TPSA) is 54.4 Å². The molecule has 3 nitrogen and oxygen atoms in total. The standard InChI is InChI=1S/C12H12O3/c1-8(2)7-11(13)9-3-5-10(6-4-9)12(14)15/h3-7H,1-2H3,(H,14,15). The molecule has 3 heteroatoms. The fourth-order valence-corrected chi connectivity index (χ4v) is 1.12. The Balaban J connectivity index is 2.94. The van der Waals surface area contributed by atoms with Gasteiger partial charge in [0.1, 0.15) is 0 Å². The highest BCUT2D eigenvalue weighted by atomic mass is 16.4.